The predicted octanol–water partition coefficient (Wildman–Crippen LogP) is 1.28. The number of fused-ring (bicyclic) bond motifs is 1. The van der Waals surface area contributed by atoms with Crippen LogP contribution in [0.2, 0.25) is 0 Å². The number of carbonyl (C=O) groups excluding carboxylic acids is 1. The van der Waals surface area contributed by atoms with Crippen molar-refractivity contribution in [2.45, 2.75) is 6.92 Å². The van der Waals surface area contributed by atoms with Crippen molar-refractivity contribution in [3.05, 3.63) is 45.8 Å². The second-order valence-corrected chi connectivity index (χ2v) is 3.54. The highest BCUT2D eigenvalue weighted by Crippen LogP contribution is 2.18. The molecule has 16 heavy (non-hydrogen) atoms. The molecule has 1 N–H and O–H groups in total. The number of Topliss-reactive ketones (excluding diaryl/α,β-unsaturated/α-hetero) is 1. The van der Waals surface area contributed by atoms with E-state index in [0.29, 0.717) is 11.1 Å². The molecule has 0 unspecified atom stereocenters. The zero-order valence-electron chi connectivity index (χ0n) is 8.69. The molecule has 1 aromatic carbocycles. The third kappa shape index (κ3) is 1.75. The first-order valence-electron chi connectivity index (χ1n) is 4.80. The fourth-order valence-corrected chi connectivity index (χ4v) is 1.59. The Morgan fingerprint density at radius 3 is 2.81 bits per heavy atom. The molecule has 0 aliphatic rings. The Balaban J connectivity index is 2.71. The number of rotatable bonds is 2. The lowest BCUT2D eigenvalue weighted by Gasteiger charge is -2.02. The zero-order chi connectivity index (χ0) is 11.7. The monoisotopic (exact) mass is 218 g/mol. The van der Waals surface area contributed by atoms with Crippen molar-refractivity contribution in [2.24, 2.45) is 0 Å². The molecule has 0 aliphatic heterocycles. The van der Waals surface area contributed by atoms with Crippen molar-refractivity contribution in [3.63, 3.8) is 0 Å². The summed E-state index contributed by atoms with van der Waals surface area (Å²) in [6, 6.07) is 6.18. The summed E-state index contributed by atoms with van der Waals surface area (Å²) in [5, 5.41) is 9.51. The number of hydrogen-bond acceptors (Lipinski definition) is 4. The van der Waals surface area contributed by atoms with Crippen LogP contribution >= 0.6 is 0 Å². The van der Waals surface area contributed by atoms with Crippen molar-refractivity contribution in [1.29, 1.82) is 0 Å². The molecule has 2 aromatic rings. The summed E-state index contributed by atoms with van der Waals surface area (Å²) in [4.78, 5) is 22.4. The van der Waals surface area contributed by atoms with Gasteiger partial charge in [-0.15, -0.1) is 0 Å². The van der Waals surface area contributed by atoms with Crippen molar-refractivity contribution in [1.82, 2.24) is 0 Å². The van der Waals surface area contributed by atoms with Gasteiger partial charge in [-0.25, -0.2) is 4.79 Å². The molecule has 0 amide bonds. The molecule has 0 fully saturated rings. The van der Waals surface area contributed by atoms with E-state index in [4.69, 9.17) is 9.52 Å². The summed E-state index contributed by atoms with van der Waals surface area (Å²) >= 11 is 0. The summed E-state index contributed by atoms with van der Waals surface area (Å²) < 4.78 is 4.99. The Bertz CT molecular complexity index is 610. The molecule has 2 rings (SSSR count). The summed E-state index contributed by atoms with van der Waals surface area (Å²) in [6.07, 6.45) is 0. The first-order valence-corrected chi connectivity index (χ1v) is 4.80. The van der Waals surface area contributed by atoms with Crippen LogP contribution in [0.4, 0.5) is 0 Å². The smallest absolute Gasteiger partial charge is 0.336 e. The third-order valence-electron chi connectivity index (χ3n) is 2.42. The zero-order valence-corrected chi connectivity index (χ0v) is 8.69. The van der Waals surface area contributed by atoms with Crippen LogP contribution < -0.4 is 5.63 Å². The van der Waals surface area contributed by atoms with Gasteiger partial charge in [-0.3, -0.25) is 4.79 Å². The normalized spacial score (nSPS) is 10.6. The van der Waals surface area contributed by atoms with Crippen LogP contribution in [0.25, 0.3) is 11.0 Å². The second kappa shape index (κ2) is 3.90. The van der Waals surface area contributed by atoms with Crippen LogP contribution in [0.15, 0.2) is 33.5 Å². The SMILES string of the molecule is Cc1cc(=O)oc2cc(C(=O)CO)ccc12. The van der Waals surface area contributed by atoms with Crippen molar-refractivity contribution in [3.8, 4) is 0 Å². The van der Waals surface area contributed by atoms with E-state index in [2.05, 4.69) is 0 Å². The van der Waals surface area contributed by atoms with Gasteiger partial charge in [0.2, 0.25) is 0 Å². The first kappa shape index (κ1) is 10.6. The fraction of sp³-hybridized carbons (Fsp3) is 0.167. The van der Waals surface area contributed by atoms with Gasteiger partial charge in [-0.1, -0.05) is 12.1 Å². The van der Waals surface area contributed by atoms with Crippen LogP contribution in [-0.4, -0.2) is 17.5 Å². The molecule has 4 heteroatoms. The topological polar surface area (TPSA) is 67.5 Å². The van der Waals surface area contributed by atoms with Gasteiger partial charge >= 0.3 is 5.63 Å². The van der Waals surface area contributed by atoms with E-state index in [1.165, 1.54) is 12.1 Å². The van der Waals surface area contributed by atoms with E-state index >= 15 is 0 Å². The van der Waals surface area contributed by atoms with Crippen LogP contribution in [0.1, 0.15) is 15.9 Å². The largest absolute Gasteiger partial charge is 0.423 e. The van der Waals surface area contributed by atoms with E-state index in [1.807, 2.05) is 0 Å². The quantitative estimate of drug-likeness (QED) is 0.609. The number of aryl methyl sites for hydroxylation is 1. The van der Waals surface area contributed by atoms with Gasteiger partial charge in [-0.2, -0.15) is 0 Å². The van der Waals surface area contributed by atoms with Gasteiger partial charge in [0.1, 0.15) is 12.2 Å². The van der Waals surface area contributed by atoms with Gasteiger partial charge in [0.15, 0.2) is 5.78 Å². The van der Waals surface area contributed by atoms with E-state index in [1.54, 1.807) is 19.1 Å². The maximum absolute atomic E-state index is 11.3. The van der Waals surface area contributed by atoms with Crippen LogP contribution in [0.3, 0.4) is 0 Å². The number of aliphatic hydroxyl groups is 1. The molecule has 0 saturated carbocycles. The minimum Gasteiger partial charge on any atom is -0.423 e. The van der Waals surface area contributed by atoms with Crippen molar-refractivity contribution < 1.29 is 14.3 Å². The lowest BCUT2D eigenvalue weighted by atomic mass is 10.1. The predicted molar refractivity (Wildman–Crippen MR) is 58.6 cm³/mol. The Labute approximate surface area is 91.1 Å². The average Bonchev–Trinajstić information content (AvgIpc) is 2.27. The summed E-state index contributed by atoms with van der Waals surface area (Å²) in [5.74, 6) is -0.397. The van der Waals surface area contributed by atoms with Crippen molar-refractivity contribution in [2.75, 3.05) is 6.61 Å². The van der Waals surface area contributed by atoms with Crippen LogP contribution in [-0.2, 0) is 0 Å². The molecule has 0 radical (unpaired) electrons. The Hall–Kier alpha value is -1.94. The highest BCUT2D eigenvalue weighted by Gasteiger charge is 2.07. The molecule has 0 bridgehead atoms. The molecule has 0 atom stereocenters. The minimum absolute atomic E-state index is 0.337. The maximum Gasteiger partial charge on any atom is 0.336 e. The van der Waals surface area contributed by atoms with Gasteiger partial charge in [0.05, 0.1) is 0 Å². The van der Waals surface area contributed by atoms with E-state index in [0.717, 1.165) is 10.9 Å². The van der Waals surface area contributed by atoms with Gasteiger partial charge in [-0.05, 0) is 18.6 Å². The number of benzene rings is 1. The molecule has 82 valence electrons. The number of carbonyl (C=O) groups is 1. The summed E-state index contributed by atoms with van der Waals surface area (Å²) in [6.45, 7) is 1.24. The molecule has 4 nitrogen and oxygen atoms in total. The Kier molecular flexibility index (Phi) is 2.58. The minimum atomic E-state index is -0.554. The molecule has 1 heterocycles. The standard InChI is InChI=1S/C12H10O4/c1-7-4-12(15)16-11-5-8(10(14)6-13)2-3-9(7)11/h2-5,13H,6H2,1H3. The average molecular weight is 218 g/mol. The first-order chi connectivity index (χ1) is 7.61. The van der Waals surface area contributed by atoms with Gasteiger partial charge < -0.3 is 9.52 Å². The lowest BCUT2D eigenvalue weighted by Crippen LogP contribution is -2.05. The molecule has 0 spiro atoms. The van der Waals surface area contributed by atoms with Gasteiger partial charge in [0, 0.05) is 17.0 Å². The van der Waals surface area contributed by atoms with Crippen LogP contribution in [0.5, 0.6) is 0 Å². The number of ketones is 1. The summed E-state index contributed by atoms with van der Waals surface area (Å²) in [7, 11) is 0. The molecular weight excluding hydrogens is 208 g/mol. The molecule has 1 aromatic heterocycles. The summed E-state index contributed by atoms with van der Waals surface area (Å²) in [5.41, 5.74) is 1.06. The highest BCUT2D eigenvalue weighted by atomic mass is 16.4. The number of aliphatic hydroxyl groups excluding tert-OH is 1. The highest BCUT2D eigenvalue weighted by molar-refractivity contribution is 5.99. The molecular formula is C12H10O4. The van der Waals surface area contributed by atoms with E-state index < -0.39 is 18.0 Å². The van der Waals surface area contributed by atoms with E-state index in [-0.39, 0.29) is 0 Å². The Morgan fingerprint density at radius 1 is 1.38 bits per heavy atom. The molecule has 0 aliphatic carbocycles. The third-order valence-corrected chi connectivity index (χ3v) is 2.42. The van der Waals surface area contributed by atoms with Crippen molar-refractivity contribution >= 4 is 16.8 Å². The van der Waals surface area contributed by atoms with Gasteiger partial charge in [0.25, 0.3) is 0 Å². The van der Waals surface area contributed by atoms with Crippen LogP contribution in [0, 0.1) is 6.92 Å². The lowest BCUT2D eigenvalue weighted by molar-refractivity contribution is 0.0904. The molecule has 0 saturated heterocycles. The maximum atomic E-state index is 11.3. The number of hydrogen-bond donors (Lipinski definition) is 1. The second-order valence-electron chi connectivity index (χ2n) is 3.54. The fourth-order valence-electron chi connectivity index (χ4n) is 1.59. The van der Waals surface area contributed by atoms with E-state index in [9.17, 15) is 9.59 Å². The Morgan fingerprint density at radius 2 is 2.12 bits per heavy atom.